The molecule has 0 spiro atoms. The maximum absolute atomic E-state index is 12.4. The van der Waals surface area contributed by atoms with Gasteiger partial charge in [-0.3, -0.25) is 9.59 Å². The van der Waals surface area contributed by atoms with Gasteiger partial charge in [0.2, 0.25) is 0 Å². The summed E-state index contributed by atoms with van der Waals surface area (Å²) in [6.07, 6.45) is 4.53. The number of nitrogens with zero attached hydrogens (tertiary/aromatic N) is 4. The molecule has 4 rings (SSSR count). The second kappa shape index (κ2) is 8.44. The van der Waals surface area contributed by atoms with Crippen LogP contribution in [0.1, 0.15) is 25.6 Å². The molecule has 0 saturated carbocycles. The van der Waals surface area contributed by atoms with Gasteiger partial charge in [-0.25, -0.2) is 14.6 Å². The Morgan fingerprint density at radius 3 is 2.55 bits per heavy atom. The fraction of sp³-hybridized carbons (Fsp3) is 0.0500. The lowest BCUT2D eigenvalue weighted by Crippen LogP contribution is -2.21. The SMILES string of the molecule is O=C(Nc1ccc(-n2cncn2)nc1)c1ccc(CNC(=O)c2cccs2)cc1. The highest BCUT2D eigenvalue weighted by atomic mass is 32.1. The number of thiophene rings is 1. The fourth-order valence-electron chi connectivity index (χ4n) is 2.58. The van der Waals surface area contributed by atoms with E-state index in [1.54, 1.807) is 42.9 Å². The van der Waals surface area contributed by atoms with Crippen LogP contribution < -0.4 is 10.6 Å². The number of rotatable bonds is 6. The van der Waals surface area contributed by atoms with Gasteiger partial charge < -0.3 is 10.6 Å². The predicted molar refractivity (Wildman–Crippen MR) is 109 cm³/mol. The summed E-state index contributed by atoms with van der Waals surface area (Å²) in [5.74, 6) is 0.257. The van der Waals surface area contributed by atoms with E-state index >= 15 is 0 Å². The van der Waals surface area contributed by atoms with Gasteiger partial charge in [-0.15, -0.1) is 11.3 Å². The monoisotopic (exact) mass is 404 g/mol. The van der Waals surface area contributed by atoms with Gasteiger partial charge in [0, 0.05) is 12.1 Å². The Morgan fingerprint density at radius 2 is 1.90 bits per heavy atom. The zero-order chi connectivity index (χ0) is 20.1. The second-order valence-corrected chi connectivity index (χ2v) is 7.00. The third-order valence-electron chi connectivity index (χ3n) is 4.07. The zero-order valence-electron chi connectivity index (χ0n) is 15.1. The summed E-state index contributed by atoms with van der Waals surface area (Å²) < 4.78 is 1.53. The summed E-state index contributed by atoms with van der Waals surface area (Å²) in [6, 6.07) is 14.2. The number of carbonyl (C=O) groups is 2. The summed E-state index contributed by atoms with van der Waals surface area (Å²) in [7, 11) is 0. The number of hydrogen-bond acceptors (Lipinski definition) is 6. The molecule has 0 saturated heterocycles. The number of benzene rings is 1. The Morgan fingerprint density at radius 1 is 1.03 bits per heavy atom. The van der Waals surface area contributed by atoms with Crippen molar-refractivity contribution in [3.05, 3.63) is 88.8 Å². The third kappa shape index (κ3) is 4.53. The molecule has 0 aliphatic carbocycles. The topological polar surface area (TPSA) is 102 Å². The summed E-state index contributed by atoms with van der Waals surface area (Å²) in [4.78, 5) is 33.2. The predicted octanol–water partition coefficient (Wildman–Crippen LogP) is 2.91. The lowest BCUT2D eigenvalue weighted by atomic mass is 10.1. The van der Waals surface area contributed by atoms with Crippen LogP contribution in [0.2, 0.25) is 0 Å². The molecular formula is C20H16N6O2S. The zero-order valence-corrected chi connectivity index (χ0v) is 16.0. The molecule has 29 heavy (non-hydrogen) atoms. The maximum Gasteiger partial charge on any atom is 0.261 e. The number of pyridine rings is 1. The first kappa shape index (κ1) is 18.5. The number of amides is 2. The molecule has 2 amide bonds. The van der Waals surface area contributed by atoms with Crippen LogP contribution in [0.5, 0.6) is 0 Å². The molecule has 8 nitrogen and oxygen atoms in total. The molecule has 0 aliphatic rings. The highest BCUT2D eigenvalue weighted by Crippen LogP contribution is 2.12. The van der Waals surface area contributed by atoms with Crippen LogP contribution in [-0.4, -0.2) is 31.6 Å². The molecule has 1 aromatic carbocycles. The van der Waals surface area contributed by atoms with Gasteiger partial charge in [-0.1, -0.05) is 18.2 Å². The van der Waals surface area contributed by atoms with E-state index in [4.69, 9.17) is 0 Å². The van der Waals surface area contributed by atoms with Crippen molar-refractivity contribution >= 4 is 28.8 Å². The lowest BCUT2D eigenvalue weighted by molar-refractivity contribution is 0.0953. The summed E-state index contributed by atoms with van der Waals surface area (Å²) in [5, 5.41) is 11.5. The van der Waals surface area contributed by atoms with Crippen molar-refractivity contribution in [3.8, 4) is 5.82 Å². The smallest absolute Gasteiger partial charge is 0.261 e. The number of hydrogen-bond donors (Lipinski definition) is 2. The normalized spacial score (nSPS) is 10.5. The van der Waals surface area contributed by atoms with E-state index < -0.39 is 0 Å². The fourth-order valence-corrected chi connectivity index (χ4v) is 3.22. The maximum atomic E-state index is 12.4. The first-order chi connectivity index (χ1) is 14.2. The van der Waals surface area contributed by atoms with E-state index in [1.165, 1.54) is 22.3 Å². The van der Waals surface area contributed by atoms with Crippen LogP contribution in [0.4, 0.5) is 5.69 Å². The molecule has 0 fully saturated rings. The van der Waals surface area contributed by atoms with Gasteiger partial charge in [0.25, 0.3) is 11.8 Å². The lowest BCUT2D eigenvalue weighted by Gasteiger charge is -2.08. The number of anilines is 1. The van der Waals surface area contributed by atoms with Crippen molar-refractivity contribution in [2.45, 2.75) is 6.54 Å². The van der Waals surface area contributed by atoms with Crippen LogP contribution in [0.15, 0.2) is 72.8 Å². The molecule has 9 heteroatoms. The molecule has 2 N–H and O–H groups in total. The van der Waals surface area contributed by atoms with Crippen molar-refractivity contribution in [1.29, 1.82) is 0 Å². The second-order valence-electron chi connectivity index (χ2n) is 6.06. The van der Waals surface area contributed by atoms with Gasteiger partial charge in [-0.2, -0.15) is 5.10 Å². The molecule has 0 radical (unpaired) electrons. The van der Waals surface area contributed by atoms with Crippen LogP contribution in [0.25, 0.3) is 5.82 Å². The molecule has 144 valence electrons. The molecule has 4 aromatic rings. The average Bonchev–Trinajstić information content (AvgIpc) is 3.47. The van der Waals surface area contributed by atoms with Gasteiger partial charge in [0.05, 0.1) is 16.8 Å². The Kier molecular flexibility index (Phi) is 5.39. The molecule has 0 aliphatic heterocycles. The van der Waals surface area contributed by atoms with Gasteiger partial charge >= 0.3 is 0 Å². The minimum atomic E-state index is -0.241. The average molecular weight is 404 g/mol. The van der Waals surface area contributed by atoms with E-state index in [2.05, 4.69) is 25.7 Å². The number of carbonyl (C=O) groups excluding carboxylic acids is 2. The van der Waals surface area contributed by atoms with Crippen LogP contribution >= 0.6 is 11.3 Å². The summed E-state index contributed by atoms with van der Waals surface area (Å²) in [6.45, 7) is 0.395. The van der Waals surface area contributed by atoms with Gasteiger partial charge in [0.15, 0.2) is 5.82 Å². The third-order valence-corrected chi connectivity index (χ3v) is 4.94. The van der Waals surface area contributed by atoms with Gasteiger partial charge in [0.1, 0.15) is 12.7 Å². The Hall–Kier alpha value is -3.85. The minimum Gasteiger partial charge on any atom is -0.347 e. The molecule has 0 unspecified atom stereocenters. The molecule has 3 aromatic heterocycles. The summed E-state index contributed by atoms with van der Waals surface area (Å²) in [5.41, 5.74) is 2.00. The molecule has 0 bridgehead atoms. The van der Waals surface area contributed by atoms with Crippen LogP contribution in [-0.2, 0) is 6.54 Å². The molecule has 3 heterocycles. The Balaban J connectivity index is 1.33. The highest BCUT2D eigenvalue weighted by molar-refractivity contribution is 7.12. The van der Waals surface area contributed by atoms with Crippen molar-refractivity contribution in [3.63, 3.8) is 0 Å². The first-order valence-corrected chi connectivity index (χ1v) is 9.60. The standard InChI is InChI=1S/C20H16N6O2S/c27-19(25-16-7-8-18(22-11-16)26-13-21-12-24-26)15-5-3-14(4-6-15)10-23-20(28)17-2-1-9-29-17/h1-9,11-13H,10H2,(H,23,28)(H,25,27). The molecular weight excluding hydrogens is 388 g/mol. The van der Waals surface area contributed by atoms with Crippen molar-refractivity contribution in [2.75, 3.05) is 5.32 Å². The first-order valence-electron chi connectivity index (χ1n) is 8.72. The van der Waals surface area contributed by atoms with E-state index in [9.17, 15) is 9.59 Å². The van der Waals surface area contributed by atoms with E-state index in [0.717, 1.165) is 5.56 Å². The number of nitrogens with one attached hydrogen (secondary N) is 2. The summed E-state index contributed by atoms with van der Waals surface area (Å²) >= 11 is 1.40. The van der Waals surface area contributed by atoms with Crippen molar-refractivity contribution < 1.29 is 9.59 Å². The van der Waals surface area contributed by atoms with Crippen molar-refractivity contribution in [2.24, 2.45) is 0 Å². The quantitative estimate of drug-likeness (QED) is 0.514. The van der Waals surface area contributed by atoms with E-state index in [-0.39, 0.29) is 11.8 Å². The minimum absolute atomic E-state index is 0.108. The Labute approximate surface area is 170 Å². The highest BCUT2D eigenvalue weighted by Gasteiger charge is 2.09. The van der Waals surface area contributed by atoms with Crippen molar-refractivity contribution in [1.82, 2.24) is 25.1 Å². The van der Waals surface area contributed by atoms with Crippen LogP contribution in [0.3, 0.4) is 0 Å². The number of aromatic nitrogens is 4. The largest absolute Gasteiger partial charge is 0.347 e. The Bertz CT molecular complexity index is 1090. The van der Waals surface area contributed by atoms with Crippen LogP contribution in [0, 0.1) is 0 Å². The van der Waals surface area contributed by atoms with Gasteiger partial charge in [-0.05, 0) is 41.3 Å². The van der Waals surface area contributed by atoms with E-state index in [0.29, 0.717) is 28.5 Å². The van der Waals surface area contributed by atoms with E-state index in [1.807, 2.05) is 23.6 Å². The molecule has 0 atom stereocenters.